The zero-order valence-electron chi connectivity index (χ0n) is 21.4. The van der Waals surface area contributed by atoms with Crippen LogP contribution in [0, 0.1) is 23.7 Å². The van der Waals surface area contributed by atoms with Gasteiger partial charge in [-0.25, -0.2) is 0 Å². The molecule has 9 heteroatoms. The standard InChI is InChI=1S/C26H42O7S2/c1-4-31-24(29)15-34-26(35-16-25(30)32-5-2)11-10-22-18(14-26)7-6-17(3)21(22)9-8-20-12-19(27)13-23(28)33-20/h17-22,27H,4-16H2,1-3H3. The van der Waals surface area contributed by atoms with E-state index in [0.29, 0.717) is 54.8 Å². The van der Waals surface area contributed by atoms with Crippen LogP contribution in [-0.2, 0) is 28.6 Å². The zero-order chi connectivity index (χ0) is 25.4. The number of hydrogen-bond acceptors (Lipinski definition) is 9. The number of rotatable bonds is 11. The van der Waals surface area contributed by atoms with E-state index in [2.05, 4.69) is 6.92 Å². The molecule has 0 aromatic carbocycles. The van der Waals surface area contributed by atoms with Crippen molar-refractivity contribution in [3.8, 4) is 0 Å². The molecule has 6 atom stereocenters. The monoisotopic (exact) mass is 530 g/mol. The summed E-state index contributed by atoms with van der Waals surface area (Å²) >= 11 is 3.29. The minimum Gasteiger partial charge on any atom is -0.465 e. The Bertz CT molecular complexity index is 708. The molecule has 1 heterocycles. The molecular formula is C26H42O7S2. The molecule has 2 aliphatic carbocycles. The van der Waals surface area contributed by atoms with Gasteiger partial charge in [-0.1, -0.05) is 13.3 Å². The molecule has 3 rings (SSSR count). The van der Waals surface area contributed by atoms with E-state index in [0.717, 1.165) is 32.1 Å². The summed E-state index contributed by atoms with van der Waals surface area (Å²) in [6, 6.07) is 0. The molecule has 0 radical (unpaired) electrons. The Labute approximate surface area is 218 Å². The van der Waals surface area contributed by atoms with Gasteiger partial charge in [0.2, 0.25) is 0 Å². The van der Waals surface area contributed by atoms with Gasteiger partial charge in [-0.15, -0.1) is 23.5 Å². The van der Waals surface area contributed by atoms with Crippen molar-refractivity contribution < 1.29 is 33.7 Å². The highest BCUT2D eigenvalue weighted by Crippen LogP contribution is 2.57. The van der Waals surface area contributed by atoms with Gasteiger partial charge >= 0.3 is 17.9 Å². The second-order valence-corrected chi connectivity index (χ2v) is 13.2. The Kier molecular flexibility index (Phi) is 11.1. The first-order valence-electron chi connectivity index (χ1n) is 13.2. The third-order valence-electron chi connectivity index (χ3n) is 7.89. The van der Waals surface area contributed by atoms with Crippen molar-refractivity contribution in [1.82, 2.24) is 0 Å². The molecule has 1 saturated heterocycles. The number of fused-ring (bicyclic) bond motifs is 1. The smallest absolute Gasteiger partial charge is 0.315 e. The Balaban J connectivity index is 1.64. The van der Waals surface area contributed by atoms with Gasteiger partial charge in [-0.05, 0) is 76.0 Å². The molecule has 1 aliphatic heterocycles. The fourth-order valence-electron chi connectivity index (χ4n) is 6.27. The molecule has 0 spiro atoms. The lowest BCUT2D eigenvalue weighted by Crippen LogP contribution is -2.43. The van der Waals surface area contributed by atoms with E-state index in [1.807, 2.05) is 13.8 Å². The Morgan fingerprint density at radius 3 is 2.31 bits per heavy atom. The van der Waals surface area contributed by atoms with Crippen molar-refractivity contribution in [2.24, 2.45) is 23.7 Å². The average molecular weight is 531 g/mol. The predicted octanol–water partition coefficient (Wildman–Crippen LogP) is 4.58. The summed E-state index contributed by atoms with van der Waals surface area (Å²) in [7, 11) is 0. The molecule has 0 aromatic rings. The molecular weight excluding hydrogens is 488 g/mol. The third kappa shape index (κ3) is 8.29. The number of aliphatic hydroxyl groups is 1. The summed E-state index contributed by atoms with van der Waals surface area (Å²) in [5.74, 6) is 2.25. The summed E-state index contributed by atoms with van der Waals surface area (Å²) in [5.41, 5.74) is 0. The van der Waals surface area contributed by atoms with Crippen molar-refractivity contribution >= 4 is 41.4 Å². The number of carbonyl (C=O) groups is 3. The number of thioether (sulfide) groups is 2. The molecule has 7 nitrogen and oxygen atoms in total. The van der Waals surface area contributed by atoms with Crippen molar-refractivity contribution in [2.75, 3.05) is 24.7 Å². The van der Waals surface area contributed by atoms with E-state index in [4.69, 9.17) is 14.2 Å². The lowest BCUT2D eigenvalue weighted by molar-refractivity contribution is -0.160. The van der Waals surface area contributed by atoms with Gasteiger partial charge in [0.25, 0.3) is 0 Å². The van der Waals surface area contributed by atoms with Crippen LogP contribution in [0.25, 0.3) is 0 Å². The fraction of sp³-hybridized carbons (Fsp3) is 0.885. The third-order valence-corrected chi connectivity index (χ3v) is 11.1. The Morgan fingerprint density at radius 1 is 1.06 bits per heavy atom. The topological polar surface area (TPSA) is 99.1 Å². The number of esters is 3. The minimum atomic E-state index is -0.582. The van der Waals surface area contributed by atoms with E-state index in [-0.39, 0.29) is 34.5 Å². The van der Waals surface area contributed by atoms with Gasteiger partial charge < -0.3 is 19.3 Å². The summed E-state index contributed by atoms with van der Waals surface area (Å²) in [6.07, 6.45) is 7.03. The van der Waals surface area contributed by atoms with Crippen LogP contribution in [0.2, 0.25) is 0 Å². The van der Waals surface area contributed by atoms with Gasteiger partial charge in [-0.2, -0.15) is 0 Å². The zero-order valence-corrected chi connectivity index (χ0v) is 23.0. The Hall–Kier alpha value is -0.930. The van der Waals surface area contributed by atoms with Crippen LogP contribution in [-0.4, -0.2) is 64.0 Å². The summed E-state index contributed by atoms with van der Waals surface area (Å²) in [5, 5.41) is 9.96. The fourth-order valence-corrected chi connectivity index (χ4v) is 9.08. The number of ether oxygens (including phenoxy) is 3. The largest absolute Gasteiger partial charge is 0.465 e. The molecule has 3 aliphatic rings. The highest BCUT2D eigenvalue weighted by atomic mass is 32.2. The number of carbonyl (C=O) groups excluding carboxylic acids is 3. The molecule has 0 amide bonds. The van der Waals surface area contributed by atoms with Crippen molar-refractivity contribution in [2.45, 2.75) is 94.8 Å². The number of hydrogen-bond donors (Lipinski definition) is 1. The van der Waals surface area contributed by atoms with Gasteiger partial charge in [-0.3, -0.25) is 14.4 Å². The van der Waals surface area contributed by atoms with Gasteiger partial charge in [0.15, 0.2) is 0 Å². The first-order valence-corrected chi connectivity index (χ1v) is 15.2. The van der Waals surface area contributed by atoms with Gasteiger partial charge in [0.1, 0.15) is 6.10 Å². The maximum Gasteiger partial charge on any atom is 0.315 e. The van der Waals surface area contributed by atoms with Crippen LogP contribution < -0.4 is 0 Å². The van der Waals surface area contributed by atoms with Crippen LogP contribution in [0.1, 0.15) is 78.6 Å². The molecule has 0 bridgehead atoms. The molecule has 0 aromatic heterocycles. The van der Waals surface area contributed by atoms with E-state index in [1.54, 1.807) is 23.5 Å². The molecule has 35 heavy (non-hydrogen) atoms. The van der Waals surface area contributed by atoms with Crippen LogP contribution in [0.5, 0.6) is 0 Å². The minimum absolute atomic E-state index is 0.107. The van der Waals surface area contributed by atoms with Crippen molar-refractivity contribution in [3.63, 3.8) is 0 Å². The van der Waals surface area contributed by atoms with E-state index in [9.17, 15) is 19.5 Å². The van der Waals surface area contributed by atoms with E-state index >= 15 is 0 Å². The van der Waals surface area contributed by atoms with Crippen LogP contribution in [0.4, 0.5) is 0 Å². The van der Waals surface area contributed by atoms with E-state index in [1.165, 1.54) is 12.8 Å². The summed E-state index contributed by atoms with van der Waals surface area (Å²) in [6.45, 7) is 6.73. The van der Waals surface area contributed by atoms with E-state index < -0.39 is 6.10 Å². The summed E-state index contributed by atoms with van der Waals surface area (Å²) in [4.78, 5) is 36.0. The highest BCUT2D eigenvalue weighted by molar-refractivity contribution is 8.18. The number of aliphatic hydroxyl groups excluding tert-OH is 1. The molecule has 6 unspecified atom stereocenters. The molecule has 200 valence electrons. The molecule has 3 fully saturated rings. The first kappa shape index (κ1) is 28.6. The predicted molar refractivity (Wildman–Crippen MR) is 138 cm³/mol. The maximum atomic E-state index is 12.1. The van der Waals surface area contributed by atoms with Crippen LogP contribution in [0.3, 0.4) is 0 Å². The lowest BCUT2D eigenvalue weighted by atomic mass is 9.60. The Morgan fingerprint density at radius 2 is 1.71 bits per heavy atom. The van der Waals surface area contributed by atoms with Crippen molar-refractivity contribution in [3.05, 3.63) is 0 Å². The summed E-state index contributed by atoms with van der Waals surface area (Å²) < 4.78 is 15.7. The number of cyclic esters (lactones) is 1. The molecule has 1 N–H and O–H groups in total. The second-order valence-electron chi connectivity index (χ2n) is 10.3. The lowest BCUT2D eigenvalue weighted by Gasteiger charge is -2.51. The van der Waals surface area contributed by atoms with Gasteiger partial charge in [0, 0.05) is 6.42 Å². The molecule has 2 saturated carbocycles. The van der Waals surface area contributed by atoms with Gasteiger partial charge in [0.05, 0.1) is 41.3 Å². The van der Waals surface area contributed by atoms with Crippen LogP contribution >= 0.6 is 23.5 Å². The highest BCUT2D eigenvalue weighted by Gasteiger charge is 2.47. The first-order chi connectivity index (χ1) is 16.7. The quantitative estimate of drug-likeness (QED) is 0.234. The van der Waals surface area contributed by atoms with Crippen LogP contribution in [0.15, 0.2) is 0 Å². The van der Waals surface area contributed by atoms with Crippen molar-refractivity contribution in [1.29, 1.82) is 0 Å². The average Bonchev–Trinajstić information content (AvgIpc) is 2.81. The SMILES string of the molecule is CCOC(=O)CSC1(SCC(=O)OCC)CCC2C(CCC(C)C2CCC2CC(O)CC(=O)O2)C1. The normalized spacial score (nSPS) is 32.3. The second kappa shape index (κ2) is 13.6. The maximum absolute atomic E-state index is 12.1.